The number of rotatable bonds is 19. The van der Waals surface area contributed by atoms with Crippen molar-refractivity contribution in [3.63, 3.8) is 0 Å². The van der Waals surface area contributed by atoms with Crippen molar-refractivity contribution in [2.75, 3.05) is 19.6 Å². The number of aliphatic carboxylic acids is 2. The first kappa shape index (κ1) is 42.7. The molecule has 0 spiro atoms. The molecule has 3 N–H and O–H groups in total. The number of hydrogen-bond donors (Lipinski definition) is 3. The Labute approximate surface area is 327 Å². The van der Waals surface area contributed by atoms with E-state index in [1.54, 1.807) is 121 Å². The lowest BCUT2D eigenvalue weighted by Gasteiger charge is -2.48. The first-order valence-corrected chi connectivity index (χ1v) is 19.7. The van der Waals surface area contributed by atoms with Crippen LogP contribution >= 0.6 is 0 Å². The molecule has 0 aliphatic carbocycles. The first-order chi connectivity index (χ1) is 26.6. The lowest BCUT2D eigenvalue weighted by atomic mass is 9.64. The number of urea groups is 1. The Hall–Kier alpha value is -4.99. The molecule has 4 aromatic rings. The van der Waals surface area contributed by atoms with Gasteiger partial charge in [0.2, 0.25) is 0 Å². The molecule has 9 nitrogen and oxygen atoms in total. The maximum absolute atomic E-state index is 14.3. The van der Waals surface area contributed by atoms with Gasteiger partial charge in [-0.25, -0.2) is 14.4 Å². The number of benzene rings is 4. The minimum absolute atomic E-state index is 0.126. The van der Waals surface area contributed by atoms with Crippen molar-refractivity contribution < 1.29 is 29.7 Å². The fourth-order valence-electron chi connectivity index (χ4n) is 7.77. The van der Waals surface area contributed by atoms with Crippen LogP contribution in [0.2, 0.25) is 0 Å². The molecule has 294 valence electrons. The SMILES string of the molecule is CCCCN(CCCC)CCCC.C[C@H](C(O)(c1ccccc1)c1ccccc1)[C@]1(C(=O)O)[C@@H](C(=O)O)N(Cc2ccccc2)C(=O)N1Cc1ccccc1. The van der Waals surface area contributed by atoms with Crippen molar-refractivity contribution in [2.24, 2.45) is 5.92 Å². The van der Waals surface area contributed by atoms with Crippen LogP contribution < -0.4 is 0 Å². The molecule has 0 aromatic heterocycles. The van der Waals surface area contributed by atoms with Gasteiger partial charge in [0.05, 0.1) is 0 Å². The van der Waals surface area contributed by atoms with Crippen LogP contribution in [-0.4, -0.2) is 79.2 Å². The monoisotopic (exact) mass is 749 g/mol. The highest BCUT2D eigenvalue weighted by molar-refractivity contribution is 6.00. The van der Waals surface area contributed by atoms with Gasteiger partial charge in [0.15, 0.2) is 11.6 Å². The molecule has 1 aliphatic heterocycles. The molecule has 55 heavy (non-hydrogen) atoms. The Morgan fingerprint density at radius 3 is 1.42 bits per heavy atom. The van der Waals surface area contributed by atoms with Gasteiger partial charge in [-0.2, -0.15) is 0 Å². The normalized spacial score (nSPS) is 17.5. The number of carboxylic acids is 2. The lowest BCUT2D eigenvalue weighted by Crippen LogP contribution is -2.68. The minimum Gasteiger partial charge on any atom is -0.480 e. The zero-order valence-corrected chi connectivity index (χ0v) is 32.9. The molecule has 0 radical (unpaired) electrons. The molecule has 1 fully saturated rings. The second kappa shape index (κ2) is 20.6. The van der Waals surface area contributed by atoms with Gasteiger partial charge in [-0.3, -0.25) is 0 Å². The van der Waals surface area contributed by atoms with Crippen LogP contribution in [0, 0.1) is 5.92 Å². The fraction of sp³-hybridized carbons (Fsp3) is 0.413. The van der Waals surface area contributed by atoms with E-state index in [0.29, 0.717) is 22.3 Å². The summed E-state index contributed by atoms with van der Waals surface area (Å²) in [6, 6.07) is 32.2. The largest absolute Gasteiger partial charge is 0.480 e. The molecule has 1 saturated heterocycles. The summed E-state index contributed by atoms with van der Waals surface area (Å²) < 4.78 is 0. The standard InChI is InChI=1S/C34H32N2O6.C12H27N/c1-24(34(42,27-18-10-4-11-19-27)28-20-12-5-13-21-28)33(31(39)40)29(30(37)38)35(22-25-14-6-2-7-15-25)32(41)36(33)23-26-16-8-3-9-17-26;1-4-7-10-13(11-8-5-2)12-9-6-3/h2-21,24,29,42H,22-23H2,1H3,(H,37,38)(H,39,40);4-12H2,1-3H3/t24-,29+,33+;/m0./s1. The van der Waals surface area contributed by atoms with E-state index >= 15 is 0 Å². The predicted octanol–water partition coefficient (Wildman–Crippen LogP) is 8.66. The summed E-state index contributed by atoms with van der Waals surface area (Å²) in [5, 5.41) is 34.6. The number of nitrogens with zero attached hydrogens (tertiary/aromatic N) is 3. The topological polar surface area (TPSA) is 122 Å². The Morgan fingerprint density at radius 1 is 0.673 bits per heavy atom. The number of amides is 2. The summed E-state index contributed by atoms with van der Waals surface area (Å²) >= 11 is 0. The molecule has 0 saturated carbocycles. The van der Waals surface area contributed by atoms with Crippen molar-refractivity contribution in [3.05, 3.63) is 144 Å². The third-order valence-corrected chi connectivity index (χ3v) is 10.8. The number of carboxylic acid groups (broad SMARTS) is 2. The minimum atomic E-state index is -2.39. The summed E-state index contributed by atoms with van der Waals surface area (Å²) in [4.78, 5) is 46.1. The van der Waals surface area contributed by atoms with Crippen LogP contribution in [0.3, 0.4) is 0 Å². The van der Waals surface area contributed by atoms with Crippen LogP contribution in [0.4, 0.5) is 4.79 Å². The molecular weight excluding hydrogens is 691 g/mol. The second-order valence-electron chi connectivity index (χ2n) is 14.5. The molecule has 3 atom stereocenters. The Balaban J connectivity index is 0.000000444. The first-order valence-electron chi connectivity index (χ1n) is 19.7. The van der Waals surface area contributed by atoms with Gasteiger partial charge in [-0.05, 0) is 61.2 Å². The van der Waals surface area contributed by atoms with Gasteiger partial charge in [0.1, 0.15) is 5.60 Å². The summed E-state index contributed by atoms with van der Waals surface area (Å²) in [5.41, 5.74) is -2.37. The summed E-state index contributed by atoms with van der Waals surface area (Å²) in [5.74, 6) is -4.35. The molecule has 0 bridgehead atoms. The molecule has 4 aromatic carbocycles. The van der Waals surface area contributed by atoms with Crippen molar-refractivity contribution in [1.29, 1.82) is 0 Å². The van der Waals surface area contributed by atoms with Gasteiger partial charge in [-0.1, -0.05) is 168 Å². The summed E-state index contributed by atoms with van der Waals surface area (Å²) in [6.45, 7) is 12.0. The van der Waals surface area contributed by atoms with Crippen LogP contribution in [0.25, 0.3) is 0 Å². The average molecular weight is 750 g/mol. The van der Waals surface area contributed by atoms with Crippen LogP contribution in [0.1, 0.15) is 88.5 Å². The highest BCUT2D eigenvalue weighted by atomic mass is 16.4. The molecule has 1 aliphatic rings. The lowest BCUT2D eigenvalue weighted by molar-refractivity contribution is -0.170. The molecule has 5 rings (SSSR count). The van der Waals surface area contributed by atoms with E-state index in [-0.39, 0.29) is 13.1 Å². The van der Waals surface area contributed by atoms with E-state index in [2.05, 4.69) is 25.7 Å². The fourth-order valence-corrected chi connectivity index (χ4v) is 7.77. The van der Waals surface area contributed by atoms with E-state index in [4.69, 9.17) is 0 Å². The van der Waals surface area contributed by atoms with Crippen LogP contribution in [0.5, 0.6) is 0 Å². The van der Waals surface area contributed by atoms with Crippen LogP contribution in [0.15, 0.2) is 121 Å². The van der Waals surface area contributed by atoms with Gasteiger partial charge in [-0.15, -0.1) is 0 Å². The Bertz CT molecular complexity index is 1700. The maximum Gasteiger partial charge on any atom is 0.332 e. The molecular formula is C46H59N3O6. The van der Waals surface area contributed by atoms with E-state index in [0.717, 1.165) is 9.80 Å². The smallest absolute Gasteiger partial charge is 0.332 e. The number of unbranched alkanes of at least 4 members (excludes halogenated alkanes) is 3. The van der Waals surface area contributed by atoms with Crippen LogP contribution in [-0.2, 0) is 28.3 Å². The Morgan fingerprint density at radius 2 is 1.05 bits per heavy atom. The highest BCUT2D eigenvalue weighted by Crippen LogP contribution is 2.50. The van der Waals surface area contributed by atoms with Gasteiger partial charge in [0.25, 0.3) is 0 Å². The quantitative estimate of drug-likeness (QED) is 0.0878. The van der Waals surface area contributed by atoms with Gasteiger partial charge >= 0.3 is 18.0 Å². The number of hydrogen-bond acceptors (Lipinski definition) is 5. The summed E-state index contributed by atoms with van der Waals surface area (Å²) in [6.07, 6.45) is 8.09. The molecule has 0 unspecified atom stereocenters. The van der Waals surface area contributed by atoms with Gasteiger partial charge in [0, 0.05) is 19.0 Å². The number of carbonyl (C=O) groups is 3. The van der Waals surface area contributed by atoms with Crippen molar-refractivity contribution >= 4 is 18.0 Å². The third-order valence-electron chi connectivity index (χ3n) is 10.8. The summed E-state index contributed by atoms with van der Waals surface area (Å²) in [7, 11) is 0. The number of carbonyl (C=O) groups excluding carboxylic acids is 1. The predicted molar refractivity (Wildman–Crippen MR) is 217 cm³/mol. The Kier molecular flexibility index (Phi) is 16.0. The highest BCUT2D eigenvalue weighted by Gasteiger charge is 2.71. The molecule has 2 amide bonds. The van der Waals surface area contributed by atoms with E-state index in [1.165, 1.54) is 65.1 Å². The van der Waals surface area contributed by atoms with E-state index in [9.17, 15) is 29.7 Å². The zero-order chi connectivity index (χ0) is 39.8. The van der Waals surface area contributed by atoms with E-state index in [1.807, 2.05) is 0 Å². The van der Waals surface area contributed by atoms with E-state index < -0.39 is 41.1 Å². The average Bonchev–Trinajstić information content (AvgIpc) is 3.46. The van der Waals surface area contributed by atoms with Gasteiger partial charge < -0.3 is 30.0 Å². The van der Waals surface area contributed by atoms with Crippen molar-refractivity contribution in [1.82, 2.24) is 14.7 Å². The second-order valence-corrected chi connectivity index (χ2v) is 14.5. The third kappa shape index (κ3) is 9.82. The maximum atomic E-state index is 14.3. The zero-order valence-electron chi connectivity index (χ0n) is 32.9. The van der Waals surface area contributed by atoms with Crippen molar-refractivity contribution in [2.45, 2.75) is 96.5 Å². The van der Waals surface area contributed by atoms with Crippen molar-refractivity contribution in [3.8, 4) is 0 Å². The molecule has 9 heteroatoms. The molecule has 1 heterocycles. The number of aliphatic hydroxyl groups is 1.